The van der Waals surface area contributed by atoms with Gasteiger partial charge in [-0.25, -0.2) is 0 Å². The smallest absolute Gasteiger partial charge is 0.302 e. The normalized spacial score (nSPS) is 11.2. The molecule has 0 atom stereocenters. The average molecular weight is 465 g/mol. The summed E-state index contributed by atoms with van der Waals surface area (Å²) in [4.78, 5) is 22.3. The van der Waals surface area contributed by atoms with Gasteiger partial charge in [0.25, 0.3) is 5.69 Å². The molecule has 0 radical (unpaired) electrons. The molecule has 10 heteroatoms. The highest BCUT2D eigenvalue weighted by molar-refractivity contribution is 6.30. The van der Waals surface area contributed by atoms with Gasteiger partial charge in [0.2, 0.25) is 5.88 Å². The van der Waals surface area contributed by atoms with Crippen LogP contribution >= 0.6 is 11.6 Å². The lowest BCUT2D eigenvalue weighted by Crippen LogP contribution is -2.07. The quantitative estimate of drug-likeness (QED) is 0.215. The third kappa shape index (κ3) is 4.99. The number of ether oxygens (including phenoxy) is 1. The van der Waals surface area contributed by atoms with Crippen molar-refractivity contribution in [2.75, 3.05) is 6.61 Å². The standard InChI is InChI=1S/C23H17ClN4O5/c24-16-7-5-15(6-8-16)13-27-20-4-2-1-3-19(20)22(23(27)30)26-25-21(29)14-33-18-11-9-17(10-12-18)28(31)32/h1-12,30H,13-14H2. The highest BCUT2D eigenvalue weighted by Gasteiger charge is 2.17. The molecule has 0 bridgehead atoms. The topological polar surface area (TPSA) is 119 Å². The van der Waals surface area contributed by atoms with E-state index in [-0.39, 0.29) is 23.0 Å². The van der Waals surface area contributed by atoms with Crippen LogP contribution in [0.4, 0.5) is 11.4 Å². The number of azo groups is 1. The van der Waals surface area contributed by atoms with Crippen molar-refractivity contribution in [1.29, 1.82) is 0 Å². The fraction of sp³-hybridized carbons (Fsp3) is 0.0870. The summed E-state index contributed by atoms with van der Waals surface area (Å²) in [5, 5.41) is 30.4. The van der Waals surface area contributed by atoms with Crippen LogP contribution in [-0.4, -0.2) is 27.1 Å². The van der Waals surface area contributed by atoms with Crippen molar-refractivity contribution in [2.45, 2.75) is 6.54 Å². The van der Waals surface area contributed by atoms with Crippen molar-refractivity contribution in [3.05, 3.63) is 93.5 Å². The number of amides is 1. The first-order valence-corrected chi connectivity index (χ1v) is 10.2. The molecule has 4 rings (SSSR count). The van der Waals surface area contributed by atoms with Gasteiger partial charge in [-0.05, 0) is 35.9 Å². The van der Waals surface area contributed by atoms with Crippen molar-refractivity contribution < 1.29 is 19.6 Å². The van der Waals surface area contributed by atoms with Crippen LogP contribution in [-0.2, 0) is 11.3 Å². The highest BCUT2D eigenvalue weighted by atomic mass is 35.5. The van der Waals surface area contributed by atoms with E-state index in [0.29, 0.717) is 17.0 Å². The minimum absolute atomic E-state index is 0.0844. The zero-order valence-electron chi connectivity index (χ0n) is 17.1. The lowest BCUT2D eigenvalue weighted by atomic mass is 10.2. The number of nitrogens with zero attached hydrogens (tertiary/aromatic N) is 4. The van der Waals surface area contributed by atoms with E-state index in [0.717, 1.165) is 11.1 Å². The van der Waals surface area contributed by atoms with Gasteiger partial charge in [-0.3, -0.25) is 14.9 Å². The molecule has 0 aliphatic carbocycles. The van der Waals surface area contributed by atoms with Gasteiger partial charge >= 0.3 is 5.91 Å². The summed E-state index contributed by atoms with van der Waals surface area (Å²) in [5.41, 5.74) is 1.74. The van der Waals surface area contributed by atoms with Crippen molar-refractivity contribution >= 4 is 39.8 Å². The first-order chi connectivity index (χ1) is 15.9. The second-order valence-corrected chi connectivity index (χ2v) is 7.47. The number of nitro benzene ring substituents is 1. The molecule has 4 aromatic rings. The minimum atomic E-state index is -0.678. The monoisotopic (exact) mass is 464 g/mol. The van der Waals surface area contributed by atoms with E-state index in [1.165, 1.54) is 24.3 Å². The van der Waals surface area contributed by atoms with Crippen LogP contribution in [0.2, 0.25) is 5.02 Å². The van der Waals surface area contributed by atoms with Crippen LogP contribution in [0.1, 0.15) is 5.56 Å². The van der Waals surface area contributed by atoms with E-state index in [9.17, 15) is 20.0 Å². The maximum atomic E-state index is 12.1. The predicted octanol–water partition coefficient (Wildman–Crippen LogP) is 5.65. The van der Waals surface area contributed by atoms with Crippen LogP contribution < -0.4 is 4.74 Å². The molecule has 0 spiro atoms. The lowest BCUT2D eigenvalue weighted by Gasteiger charge is -2.07. The molecule has 0 saturated heterocycles. The van der Waals surface area contributed by atoms with Gasteiger partial charge in [-0.2, -0.15) is 0 Å². The second-order valence-electron chi connectivity index (χ2n) is 7.04. The summed E-state index contributed by atoms with van der Waals surface area (Å²) in [5.74, 6) is -0.521. The number of hydrogen-bond acceptors (Lipinski definition) is 6. The number of carbonyl (C=O) groups is 1. The van der Waals surface area contributed by atoms with Crippen molar-refractivity contribution in [3.8, 4) is 11.6 Å². The molecule has 1 N–H and O–H groups in total. The Morgan fingerprint density at radius 3 is 2.45 bits per heavy atom. The molecule has 0 fully saturated rings. The molecule has 0 aliphatic rings. The Labute approximate surface area is 192 Å². The first kappa shape index (κ1) is 22.0. The first-order valence-electron chi connectivity index (χ1n) is 9.79. The molecule has 166 valence electrons. The van der Waals surface area contributed by atoms with Gasteiger partial charge in [-0.1, -0.05) is 41.9 Å². The number of non-ortho nitro benzene ring substituents is 1. The predicted molar refractivity (Wildman–Crippen MR) is 122 cm³/mol. The molecule has 0 aliphatic heterocycles. The van der Waals surface area contributed by atoms with Gasteiger partial charge in [0.15, 0.2) is 12.3 Å². The number of benzene rings is 3. The van der Waals surface area contributed by atoms with Crippen LogP contribution in [0.25, 0.3) is 10.9 Å². The van der Waals surface area contributed by atoms with Crippen LogP contribution in [0.15, 0.2) is 83.0 Å². The largest absolute Gasteiger partial charge is 0.493 e. The average Bonchev–Trinajstić information content (AvgIpc) is 3.08. The van der Waals surface area contributed by atoms with Gasteiger partial charge in [0, 0.05) is 22.5 Å². The number of para-hydroxylation sites is 1. The van der Waals surface area contributed by atoms with Crippen LogP contribution in [0.5, 0.6) is 11.6 Å². The lowest BCUT2D eigenvalue weighted by molar-refractivity contribution is -0.384. The maximum absolute atomic E-state index is 12.1. The van der Waals surface area contributed by atoms with Crippen molar-refractivity contribution in [1.82, 2.24) is 4.57 Å². The van der Waals surface area contributed by atoms with Gasteiger partial charge in [0.05, 0.1) is 17.0 Å². The summed E-state index contributed by atoms with van der Waals surface area (Å²) in [6.07, 6.45) is 0. The Kier molecular flexibility index (Phi) is 6.32. The minimum Gasteiger partial charge on any atom is -0.493 e. The number of fused-ring (bicyclic) bond motifs is 1. The van der Waals surface area contributed by atoms with Gasteiger partial charge in [0.1, 0.15) is 5.75 Å². The molecule has 33 heavy (non-hydrogen) atoms. The van der Waals surface area contributed by atoms with E-state index >= 15 is 0 Å². The Hall–Kier alpha value is -4.24. The molecule has 9 nitrogen and oxygen atoms in total. The third-order valence-corrected chi connectivity index (χ3v) is 5.09. The SMILES string of the molecule is O=C(COc1ccc([N+](=O)[O-])cc1)N=Nc1c(O)n(Cc2ccc(Cl)cc2)c2ccccc12. The number of aromatic hydroxyl groups is 1. The van der Waals surface area contributed by atoms with Crippen molar-refractivity contribution in [3.63, 3.8) is 0 Å². The molecule has 3 aromatic carbocycles. The summed E-state index contributed by atoms with van der Waals surface area (Å²) in [7, 11) is 0. The van der Waals surface area contributed by atoms with E-state index in [4.69, 9.17) is 16.3 Å². The van der Waals surface area contributed by atoms with Crippen LogP contribution in [0, 0.1) is 10.1 Å². The molecule has 1 heterocycles. The zero-order valence-corrected chi connectivity index (χ0v) is 17.8. The molecule has 0 unspecified atom stereocenters. The second kappa shape index (κ2) is 9.49. The Bertz CT molecular complexity index is 1350. The van der Waals surface area contributed by atoms with E-state index in [2.05, 4.69) is 10.2 Å². The number of nitro groups is 1. The zero-order chi connectivity index (χ0) is 23.4. The molecular formula is C23H17ClN4O5. The molecule has 1 amide bonds. The molecular weight excluding hydrogens is 448 g/mol. The van der Waals surface area contributed by atoms with E-state index in [1.54, 1.807) is 28.8 Å². The Morgan fingerprint density at radius 1 is 1.06 bits per heavy atom. The number of hydrogen-bond donors (Lipinski definition) is 1. The number of carbonyl (C=O) groups excluding carboxylic acids is 1. The summed E-state index contributed by atoms with van der Waals surface area (Å²) < 4.78 is 6.97. The number of aromatic nitrogens is 1. The molecule has 0 saturated carbocycles. The van der Waals surface area contributed by atoms with Crippen LogP contribution in [0.3, 0.4) is 0 Å². The van der Waals surface area contributed by atoms with Gasteiger partial charge in [-0.15, -0.1) is 10.2 Å². The molecule has 1 aromatic heterocycles. The van der Waals surface area contributed by atoms with E-state index in [1.807, 2.05) is 24.3 Å². The number of halogens is 1. The summed E-state index contributed by atoms with van der Waals surface area (Å²) in [6.45, 7) is -0.0400. The third-order valence-electron chi connectivity index (χ3n) is 4.84. The maximum Gasteiger partial charge on any atom is 0.302 e. The van der Waals surface area contributed by atoms with Gasteiger partial charge < -0.3 is 14.4 Å². The Balaban J connectivity index is 1.51. The number of rotatable bonds is 7. The fourth-order valence-corrected chi connectivity index (χ4v) is 3.37. The fourth-order valence-electron chi connectivity index (χ4n) is 3.25. The van der Waals surface area contributed by atoms with E-state index < -0.39 is 17.4 Å². The summed E-state index contributed by atoms with van der Waals surface area (Å²) in [6, 6.07) is 19.8. The van der Waals surface area contributed by atoms with Crippen molar-refractivity contribution in [2.24, 2.45) is 10.2 Å². The Morgan fingerprint density at radius 2 is 1.76 bits per heavy atom. The highest BCUT2D eigenvalue weighted by Crippen LogP contribution is 2.39. The summed E-state index contributed by atoms with van der Waals surface area (Å²) >= 11 is 5.95.